The Morgan fingerprint density at radius 3 is 2.42 bits per heavy atom. The number of hydrogen-bond donors (Lipinski definition) is 0. The number of allylic oxidation sites excluding steroid dienone is 6. The van der Waals surface area contributed by atoms with Crippen molar-refractivity contribution in [1.82, 2.24) is 9.80 Å². The Morgan fingerprint density at radius 2 is 1.83 bits per heavy atom. The van der Waals surface area contributed by atoms with Crippen molar-refractivity contribution in [2.45, 2.75) is 58.6 Å². The molecule has 3 heterocycles. The monoisotopic (exact) mass is 512 g/mol. The van der Waals surface area contributed by atoms with Crippen LogP contribution in [0.2, 0.25) is 0 Å². The van der Waals surface area contributed by atoms with Gasteiger partial charge in [-0.15, -0.1) is 0 Å². The van der Waals surface area contributed by atoms with Gasteiger partial charge in [0.05, 0.1) is 18.0 Å². The van der Waals surface area contributed by atoms with Gasteiger partial charge in [0.15, 0.2) is 0 Å². The molecule has 194 valence electrons. The molecule has 0 aromatic carbocycles. The van der Waals surface area contributed by atoms with Crippen LogP contribution >= 0.6 is 0 Å². The molecule has 0 saturated carbocycles. The summed E-state index contributed by atoms with van der Waals surface area (Å²) in [5.74, 6) is -4.57. The number of hydrogen-bond acceptors (Lipinski definition) is 4. The van der Waals surface area contributed by atoms with Gasteiger partial charge in [-0.1, -0.05) is 32.2 Å². The molecular weight excluding hydrogens is 486 g/mol. The second-order valence-corrected chi connectivity index (χ2v) is 9.55. The minimum atomic E-state index is -5.43. The SMILES string of the molecule is CCC1(C)C2=C3C(=C=C=C2)C=CC2=CN(C)C(N23)C1(CC)CCO/C(=C\C(=O)C(F)(F)F)C(F)(F)F. The van der Waals surface area contributed by atoms with Crippen LogP contribution in [-0.4, -0.2) is 47.8 Å². The Kier molecular flexibility index (Phi) is 6.13. The maximum atomic E-state index is 13.5. The number of ether oxygens (including phenoxy) is 1. The van der Waals surface area contributed by atoms with E-state index in [1.165, 1.54) is 0 Å². The largest absolute Gasteiger partial charge is 0.489 e. The van der Waals surface area contributed by atoms with Gasteiger partial charge in [-0.25, -0.2) is 0 Å². The summed E-state index contributed by atoms with van der Waals surface area (Å²) in [6.45, 7) is 5.51. The molecule has 0 N–H and O–H groups in total. The fourth-order valence-electron chi connectivity index (χ4n) is 6.10. The van der Waals surface area contributed by atoms with E-state index in [9.17, 15) is 31.1 Å². The third-order valence-electron chi connectivity index (χ3n) is 7.99. The van der Waals surface area contributed by atoms with E-state index in [1.807, 2.05) is 50.2 Å². The molecule has 1 aliphatic carbocycles. The minimum absolute atomic E-state index is 0.102. The zero-order valence-electron chi connectivity index (χ0n) is 20.3. The van der Waals surface area contributed by atoms with Gasteiger partial charge >= 0.3 is 12.4 Å². The summed E-state index contributed by atoms with van der Waals surface area (Å²) in [6.07, 6.45) is -2.41. The zero-order valence-corrected chi connectivity index (χ0v) is 20.3. The van der Waals surface area contributed by atoms with E-state index in [-0.39, 0.29) is 12.6 Å². The fourth-order valence-corrected chi connectivity index (χ4v) is 6.10. The van der Waals surface area contributed by atoms with Crippen LogP contribution in [-0.2, 0) is 9.53 Å². The van der Waals surface area contributed by atoms with Crippen LogP contribution in [0.4, 0.5) is 26.3 Å². The van der Waals surface area contributed by atoms with Crippen molar-refractivity contribution < 1.29 is 35.9 Å². The lowest BCUT2D eigenvalue weighted by atomic mass is 9.52. The predicted octanol–water partition coefficient (Wildman–Crippen LogP) is 6.29. The summed E-state index contributed by atoms with van der Waals surface area (Å²) in [7, 11) is 1.90. The van der Waals surface area contributed by atoms with Crippen molar-refractivity contribution in [2.24, 2.45) is 10.8 Å². The summed E-state index contributed by atoms with van der Waals surface area (Å²) in [6, 6.07) is 0. The van der Waals surface area contributed by atoms with Crippen LogP contribution in [0.1, 0.15) is 40.0 Å². The van der Waals surface area contributed by atoms with Crippen molar-refractivity contribution in [3.8, 4) is 0 Å². The Labute approximate surface area is 205 Å². The number of carbonyl (C=O) groups is 1. The highest BCUT2D eigenvalue weighted by Crippen LogP contribution is 2.63. The first kappa shape index (κ1) is 26.0. The average molecular weight is 512 g/mol. The predicted molar refractivity (Wildman–Crippen MR) is 120 cm³/mol. The van der Waals surface area contributed by atoms with Crippen LogP contribution in [0, 0.1) is 10.8 Å². The van der Waals surface area contributed by atoms with E-state index in [4.69, 9.17) is 4.74 Å². The van der Waals surface area contributed by atoms with Crippen molar-refractivity contribution in [2.75, 3.05) is 13.7 Å². The lowest BCUT2D eigenvalue weighted by Gasteiger charge is -2.61. The standard InChI is InChI=1S/C26H26F6N2O2/c1-5-23(3)18-9-7-8-16-10-11-17-15-33(4)22(34(17)21(16)18)24(23,6-2)12-13-36-20(26(30,31)32)14-19(35)25(27,28)29/h9-11,14-15,22H,5-6,12-13H2,1-4H3/b20-14-. The molecule has 3 unspecified atom stereocenters. The molecule has 0 radical (unpaired) electrons. The smallest absolute Gasteiger partial charge is 0.454 e. The summed E-state index contributed by atoms with van der Waals surface area (Å²) >= 11 is 0. The molecule has 3 aliphatic heterocycles. The Hall–Kier alpha value is -3.09. The number of alkyl halides is 6. The summed E-state index contributed by atoms with van der Waals surface area (Å²) in [5.41, 5.74) is 8.79. The maximum absolute atomic E-state index is 13.5. The van der Waals surface area contributed by atoms with Gasteiger partial charge in [0.1, 0.15) is 6.17 Å². The second kappa shape index (κ2) is 8.49. The topological polar surface area (TPSA) is 32.8 Å². The molecule has 4 rings (SSSR count). The number of halogens is 6. The van der Waals surface area contributed by atoms with Gasteiger partial charge in [-0.2, -0.15) is 26.3 Å². The molecule has 0 spiro atoms. The van der Waals surface area contributed by atoms with Gasteiger partial charge in [0, 0.05) is 35.7 Å². The fraction of sp³-hybridized carbons (Fsp3) is 0.500. The first-order chi connectivity index (χ1) is 16.7. The highest BCUT2D eigenvalue weighted by atomic mass is 19.4. The third-order valence-corrected chi connectivity index (χ3v) is 7.99. The van der Waals surface area contributed by atoms with Gasteiger partial charge in [-0.3, -0.25) is 4.79 Å². The van der Waals surface area contributed by atoms with E-state index in [0.29, 0.717) is 12.8 Å². The first-order valence-electron chi connectivity index (χ1n) is 11.6. The van der Waals surface area contributed by atoms with E-state index in [1.54, 1.807) is 0 Å². The van der Waals surface area contributed by atoms with E-state index < -0.39 is 47.4 Å². The van der Waals surface area contributed by atoms with Crippen LogP contribution < -0.4 is 0 Å². The highest BCUT2D eigenvalue weighted by Gasteiger charge is 2.62. The van der Waals surface area contributed by atoms with Gasteiger partial charge in [-0.05, 0) is 43.1 Å². The molecule has 4 aliphatic rings. The van der Waals surface area contributed by atoms with Crippen molar-refractivity contribution >= 4 is 5.78 Å². The Morgan fingerprint density at radius 1 is 1.14 bits per heavy atom. The van der Waals surface area contributed by atoms with Crippen LogP contribution in [0.15, 0.2) is 70.3 Å². The van der Waals surface area contributed by atoms with Crippen LogP contribution in [0.5, 0.6) is 0 Å². The third kappa shape index (κ3) is 3.75. The van der Waals surface area contributed by atoms with Crippen LogP contribution in [0.25, 0.3) is 0 Å². The molecule has 0 fully saturated rings. The normalized spacial score (nSPS) is 28.9. The molecule has 0 aromatic rings. The van der Waals surface area contributed by atoms with Crippen molar-refractivity contribution in [3.63, 3.8) is 0 Å². The molecule has 0 amide bonds. The number of nitrogens with zero attached hydrogens (tertiary/aromatic N) is 2. The molecule has 0 bridgehead atoms. The van der Waals surface area contributed by atoms with Gasteiger partial charge in [0.25, 0.3) is 5.78 Å². The van der Waals surface area contributed by atoms with Crippen molar-refractivity contribution in [3.05, 3.63) is 70.3 Å². The molecule has 36 heavy (non-hydrogen) atoms. The van der Waals surface area contributed by atoms with Gasteiger partial charge in [0.2, 0.25) is 5.76 Å². The van der Waals surface area contributed by atoms with E-state index >= 15 is 0 Å². The molecule has 10 heteroatoms. The lowest BCUT2D eigenvalue weighted by molar-refractivity contribution is -0.167. The summed E-state index contributed by atoms with van der Waals surface area (Å²) in [4.78, 5) is 15.4. The molecule has 3 atom stereocenters. The average Bonchev–Trinajstić information content (AvgIpc) is 3.15. The second-order valence-electron chi connectivity index (χ2n) is 9.55. The summed E-state index contributed by atoms with van der Waals surface area (Å²) in [5, 5.41) is 0. The van der Waals surface area contributed by atoms with Crippen LogP contribution in [0.3, 0.4) is 0 Å². The summed E-state index contributed by atoms with van der Waals surface area (Å²) < 4.78 is 83.2. The highest BCUT2D eigenvalue weighted by molar-refractivity contribution is 5.94. The number of carbonyl (C=O) groups excluding carboxylic acids is 1. The van der Waals surface area contributed by atoms with Gasteiger partial charge < -0.3 is 14.5 Å². The molecular formula is C26H26F6N2O2. The first-order valence-corrected chi connectivity index (χ1v) is 11.6. The van der Waals surface area contributed by atoms with Crippen molar-refractivity contribution in [1.29, 1.82) is 0 Å². The molecule has 0 saturated heterocycles. The lowest BCUT2D eigenvalue weighted by Crippen LogP contribution is -2.62. The zero-order chi connectivity index (χ0) is 26.7. The Bertz CT molecular complexity index is 1210. The Balaban J connectivity index is 1.74. The number of ketones is 1. The molecule has 4 nitrogen and oxygen atoms in total. The maximum Gasteiger partial charge on any atom is 0.454 e. The van der Waals surface area contributed by atoms with E-state index in [2.05, 4.69) is 23.3 Å². The van der Waals surface area contributed by atoms with E-state index in [0.717, 1.165) is 22.5 Å². The molecule has 0 aromatic heterocycles. The quantitative estimate of drug-likeness (QED) is 0.174. The minimum Gasteiger partial charge on any atom is -0.489 e. The number of rotatable bonds is 7.